The lowest BCUT2D eigenvalue weighted by atomic mass is 9.34. The molecule has 3 aromatic rings. The molecule has 0 amide bonds. The number of pyridine rings is 1. The van der Waals surface area contributed by atoms with Crippen LogP contribution in [0, 0.1) is 19.3 Å². The van der Waals surface area contributed by atoms with Gasteiger partial charge in [0, 0.05) is 24.2 Å². The predicted octanol–water partition coefficient (Wildman–Crippen LogP) is 3.68. The Kier molecular flexibility index (Phi) is 4.62. The number of aromatic amines is 1. The second-order valence-corrected chi connectivity index (χ2v) is 10.4. The lowest BCUT2D eigenvalue weighted by molar-refractivity contribution is -0.337. The number of fused-ring (bicyclic) bond motifs is 1. The SMILES string of the molecule is Cc1nc2nc(N3C[C@@H](C)O[C@@H](c4ccc(=O)[nH]c4)C3)nc(C34CC(C(F)(F)F)(C3)C4)c2nc1C. The number of anilines is 1. The van der Waals surface area contributed by atoms with Crippen molar-refractivity contribution in [2.75, 3.05) is 18.0 Å². The van der Waals surface area contributed by atoms with Gasteiger partial charge in [-0.25, -0.2) is 15.0 Å². The van der Waals surface area contributed by atoms with Crippen molar-refractivity contribution >= 4 is 17.1 Å². The number of aryl methyl sites for hydroxylation is 2. The Morgan fingerprint density at radius 3 is 2.43 bits per heavy atom. The van der Waals surface area contributed by atoms with Crippen molar-refractivity contribution in [3.05, 3.63) is 51.3 Å². The number of hydrogen-bond acceptors (Lipinski definition) is 7. The molecule has 11 heteroatoms. The minimum atomic E-state index is -4.21. The minimum Gasteiger partial charge on any atom is -0.367 e. The lowest BCUT2D eigenvalue weighted by Gasteiger charge is -2.70. The van der Waals surface area contributed by atoms with Gasteiger partial charge in [-0.3, -0.25) is 4.79 Å². The van der Waals surface area contributed by atoms with Crippen LogP contribution in [0.15, 0.2) is 23.1 Å². The van der Waals surface area contributed by atoms with Crippen LogP contribution in [0.2, 0.25) is 0 Å². The molecular weight excluding hydrogens is 461 g/mol. The maximum Gasteiger partial charge on any atom is 0.394 e. The van der Waals surface area contributed by atoms with Crippen LogP contribution in [0.5, 0.6) is 0 Å². The summed E-state index contributed by atoms with van der Waals surface area (Å²) in [4.78, 5) is 35.0. The number of morpholine rings is 1. The molecule has 1 saturated heterocycles. The van der Waals surface area contributed by atoms with Crippen LogP contribution in [-0.4, -0.2) is 50.3 Å². The van der Waals surface area contributed by atoms with Gasteiger partial charge in [0.1, 0.15) is 11.6 Å². The van der Waals surface area contributed by atoms with E-state index in [1.54, 1.807) is 12.3 Å². The van der Waals surface area contributed by atoms with Crippen molar-refractivity contribution in [1.82, 2.24) is 24.9 Å². The Morgan fingerprint density at radius 1 is 1.06 bits per heavy atom. The molecule has 0 unspecified atom stereocenters. The van der Waals surface area contributed by atoms with Crippen LogP contribution in [0.1, 0.15) is 54.9 Å². The molecule has 3 saturated carbocycles. The fraction of sp³-hybridized carbons (Fsp3) is 0.542. The first kappa shape index (κ1) is 22.4. The third kappa shape index (κ3) is 3.35. The van der Waals surface area contributed by atoms with E-state index in [1.165, 1.54) is 6.07 Å². The maximum absolute atomic E-state index is 13.6. The van der Waals surface area contributed by atoms with Gasteiger partial charge in [0.05, 0.1) is 35.1 Å². The van der Waals surface area contributed by atoms with Crippen LogP contribution < -0.4 is 10.5 Å². The Hall–Kier alpha value is -3.08. The number of halogens is 3. The zero-order chi connectivity index (χ0) is 24.8. The average molecular weight is 486 g/mol. The van der Waals surface area contributed by atoms with Crippen LogP contribution in [0.25, 0.3) is 11.2 Å². The van der Waals surface area contributed by atoms with Gasteiger partial charge in [-0.05, 0) is 51.7 Å². The number of alkyl halides is 3. The van der Waals surface area contributed by atoms with E-state index in [2.05, 4.69) is 15.0 Å². The number of aromatic nitrogens is 5. The Bertz CT molecular complexity index is 1360. The van der Waals surface area contributed by atoms with E-state index in [1.807, 2.05) is 25.7 Å². The molecule has 1 N–H and O–H groups in total. The molecular formula is C24H25F3N6O2. The molecule has 3 aromatic heterocycles. The summed E-state index contributed by atoms with van der Waals surface area (Å²) in [6.45, 7) is 6.55. The molecule has 184 valence electrons. The topological polar surface area (TPSA) is 96.9 Å². The molecule has 2 atom stereocenters. The van der Waals surface area contributed by atoms with Crippen LogP contribution >= 0.6 is 0 Å². The highest BCUT2D eigenvalue weighted by Crippen LogP contribution is 2.78. The first-order valence-corrected chi connectivity index (χ1v) is 11.7. The fourth-order valence-electron chi connectivity index (χ4n) is 5.87. The summed E-state index contributed by atoms with van der Waals surface area (Å²) in [6, 6.07) is 3.18. The van der Waals surface area contributed by atoms with E-state index in [4.69, 9.17) is 14.7 Å². The second-order valence-electron chi connectivity index (χ2n) is 10.4. The molecule has 1 aliphatic heterocycles. The van der Waals surface area contributed by atoms with Crippen LogP contribution in [0.4, 0.5) is 19.1 Å². The van der Waals surface area contributed by atoms with E-state index in [-0.39, 0.29) is 37.0 Å². The molecule has 4 heterocycles. The van der Waals surface area contributed by atoms with Crippen molar-refractivity contribution in [1.29, 1.82) is 0 Å². The van der Waals surface area contributed by atoms with Gasteiger partial charge in [-0.15, -0.1) is 0 Å². The number of H-pyrrole nitrogens is 1. The maximum atomic E-state index is 13.6. The number of rotatable bonds is 3. The number of nitrogens with one attached hydrogen (secondary N) is 1. The Morgan fingerprint density at radius 2 is 1.77 bits per heavy atom. The van der Waals surface area contributed by atoms with Gasteiger partial charge in [0.2, 0.25) is 11.5 Å². The highest BCUT2D eigenvalue weighted by atomic mass is 19.4. The Labute approximate surface area is 199 Å². The first-order valence-electron chi connectivity index (χ1n) is 11.7. The smallest absolute Gasteiger partial charge is 0.367 e. The largest absolute Gasteiger partial charge is 0.394 e. The van der Waals surface area contributed by atoms with E-state index in [0.29, 0.717) is 41.6 Å². The van der Waals surface area contributed by atoms with Gasteiger partial charge in [0.15, 0.2) is 5.65 Å². The quantitative estimate of drug-likeness (QED) is 0.603. The van der Waals surface area contributed by atoms with Gasteiger partial charge in [-0.1, -0.05) is 0 Å². The summed E-state index contributed by atoms with van der Waals surface area (Å²) in [5.41, 5.74) is 1.28. The predicted molar refractivity (Wildman–Crippen MR) is 121 cm³/mol. The summed E-state index contributed by atoms with van der Waals surface area (Å²) in [6.07, 6.45) is -2.96. The summed E-state index contributed by atoms with van der Waals surface area (Å²) < 4.78 is 46.8. The Balaban J connectivity index is 1.40. The zero-order valence-electron chi connectivity index (χ0n) is 19.6. The van der Waals surface area contributed by atoms with Gasteiger partial charge in [-0.2, -0.15) is 18.2 Å². The molecule has 7 rings (SSSR count). The lowest BCUT2D eigenvalue weighted by Crippen LogP contribution is -2.70. The molecule has 0 aromatic carbocycles. The fourth-order valence-corrected chi connectivity index (χ4v) is 5.87. The van der Waals surface area contributed by atoms with Gasteiger partial charge < -0.3 is 14.6 Å². The number of hydrogen-bond donors (Lipinski definition) is 1. The summed E-state index contributed by atoms with van der Waals surface area (Å²) in [7, 11) is 0. The second kappa shape index (κ2) is 7.22. The van der Waals surface area contributed by atoms with Crippen molar-refractivity contribution < 1.29 is 17.9 Å². The third-order valence-corrected chi connectivity index (χ3v) is 7.79. The minimum absolute atomic E-state index is 0.0309. The molecule has 4 aliphatic rings. The van der Waals surface area contributed by atoms with Crippen molar-refractivity contribution in [2.45, 2.75) is 63.8 Å². The number of nitrogens with zero attached hydrogens (tertiary/aromatic N) is 5. The molecule has 8 nitrogen and oxygen atoms in total. The van der Waals surface area contributed by atoms with Crippen molar-refractivity contribution in [3.8, 4) is 0 Å². The molecule has 0 radical (unpaired) electrons. The summed E-state index contributed by atoms with van der Waals surface area (Å²) in [5, 5.41) is 0. The van der Waals surface area contributed by atoms with Crippen LogP contribution in [-0.2, 0) is 10.2 Å². The van der Waals surface area contributed by atoms with Gasteiger partial charge >= 0.3 is 6.18 Å². The average Bonchev–Trinajstić information content (AvgIpc) is 2.72. The molecule has 4 fully saturated rings. The molecule has 35 heavy (non-hydrogen) atoms. The number of ether oxygens (including phenoxy) is 1. The third-order valence-electron chi connectivity index (χ3n) is 7.79. The van der Waals surface area contributed by atoms with Crippen LogP contribution in [0.3, 0.4) is 0 Å². The summed E-state index contributed by atoms with van der Waals surface area (Å²) in [5.74, 6) is 0.417. The highest BCUT2D eigenvalue weighted by Gasteiger charge is 2.79. The normalized spacial score (nSPS) is 30.2. The molecule has 0 spiro atoms. The monoisotopic (exact) mass is 486 g/mol. The van der Waals surface area contributed by atoms with Crippen molar-refractivity contribution in [3.63, 3.8) is 0 Å². The van der Waals surface area contributed by atoms with E-state index in [9.17, 15) is 18.0 Å². The summed E-state index contributed by atoms with van der Waals surface area (Å²) >= 11 is 0. The van der Waals surface area contributed by atoms with E-state index in [0.717, 1.165) is 11.3 Å². The van der Waals surface area contributed by atoms with Gasteiger partial charge in [0.25, 0.3) is 0 Å². The standard InChI is InChI=1S/C24H25F3N6O2/c1-12-7-33(8-16(35-12)15-4-5-17(34)28-6-15)21-31-19(18-20(32-21)30-14(3)13(2)29-18)22-9-23(10-22,11-22)24(25,26)27/h4-6,12,16H,7-11H2,1-3H3,(H,28,34)/t12-,16-,22?,23?/m1/s1. The first-order chi connectivity index (χ1) is 16.5. The van der Waals surface area contributed by atoms with Crippen molar-refractivity contribution in [2.24, 2.45) is 5.41 Å². The molecule has 2 bridgehead atoms. The molecule has 3 aliphatic carbocycles. The highest BCUT2D eigenvalue weighted by molar-refractivity contribution is 5.77. The zero-order valence-corrected chi connectivity index (χ0v) is 19.6. The van der Waals surface area contributed by atoms with E-state index < -0.39 is 17.0 Å². The van der Waals surface area contributed by atoms with E-state index >= 15 is 0 Å².